The Morgan fingerprint density at radius 1 is 1.35 bits per heavy atom. The number of benzene rings is 1. The molecule has 0 unspecified atom stereocenters. The molecule has 0 atom stereocenters. The van der Waals surface area contributed by atoms with Crippen molar-refractivity contribution in [3.8, 4) is 0 Å². The molecule has 0 radical (unpaired) electrons. The number of aliphatic carboxylic acids is 1. The molecule has 0 fully saturated rings. The minimum Gasteiger partial charge on any atom is -0.481 e. The lowest BCUT2D eigenvalue weighted by atomic mass is 10.0. The highest BCUT2D eigenvalue weighted by Crippen LogP contribution is 2.27. The van der Waals surface area contributed by atoms with E-state index in [9.17, 15) is 4.79 Å². The topological polar surface area (TPSA) is 42.2 Å². The van der Waals surface area contributed by atoms with Crippen molar-refractivity contribution in [3.63, 3.8) is 0 Å². The van der Waals surface area contributed by atoms with Gasteiger partial charge in [-0.1, -0.05) is 32.0 Å². The fourth-order valence-electron chi connectivity index (χ4n) is 2.14. The number of carboxylic acid groups (broad SMARTS) is 1. The fourth-order valence-corrected chi connectivity index (χ4v) is 2.14. The number of aromatic nitrogens is 1. The summed E-state index contributed by atoms with van der Waals surface area (Å²) < 4.78 is 2.04. The normalized spacial score (nSPS) is 11.2. The van der Waals surface area contributed by atoms with E-state index in [1.165, 1.54) is 10.9 Å². The van der Waals surface area contributed by atoms with Crippen LogP contribution >= 0.6 is 0 Å². The van der Waals surface area contributed by atoms with Gasteiger partial charge in [-0.25, -0.2) is 0 Å². The average molecular weight is 231 g/mol. The van der Waals surface area contributed by atoms with Crippen molar-refractivity contribution in [1.29, 1.82) is 0 Å². The second-order valence-electron chi connectivity index (χ2n) is 4.59. The SMILES string of the molecule is CC(C)c1cn(CCC(=O)O)c2ccccc12. The molecule has 2 aromatic rings. The number of fused-ring (bicyclic) bond motifs is 1. The highest BCUT2D eigenvalue weighted by atomic mass is 16.4. The molecule has 1 heterocycles. The Morgan fingerprint density at radius 3 is 2.71 bits per heavy atom. The predicted molar refractivity (Wildman–Crippen MR) is 68.3 cm³/mol. The van der Waals surface area contributed by atoms with Crippen LogP contribution in [0.4, 0.5) is 0 Å². The van der Waals surface area contributed by atoms with Gasteiger partial charge in [0.05, 0.1) is 6.42 Å². The van der Waals surface area contributed by atoms with Crippen LogP contribution in [-0.2, 0) is 11.3 Å². The molecule has 17 heavy (non-hydrogen) atoms. The van der Waals surface area contributed by atoms with E-state index in [4.69, 9.17) is 5.11 Å². The number of aryl methyl sites for hydroxylation is 1. The van der Waals surface area contributed by atoms with Gasteiger partial charge < -0.3 is 9.67 Å². The number of hydrogen-bond donors (Lipinski definition) is 1. The van der Waals surface area contributed by atoms with Crippen molar-refractivity contribution < 1.29 is 9.90 Å². The van der Waals surface area contributed by atoms with Crippen LogP contribution in [0.1, 0.15) is 31.7 Å². The number of nitrogens with zero attached hydrogens (tertiary/aromatic N) is 1. The third-order valence-corrected chi connectivity index (χ3v) is 3.01. The molecule has 0 aliphatic heterocycles. The van der Waals surface area contributed by atoms with Crippen LogP contribution in [0.5, 0.6) is 0 Å². The molecule has 0 spiro atoms. The van der Waals surface area contributed by atoms with E-state index in [2.05, 4.69) is 26.1 Å². The standard InChI is InChI=1S/C14H17NO2/c1-10(2)12-9-15(8-7-14(16)17)13-6-4-3-5-11(12)13/h3-6,9-10H,7-8H2,1-2H3,(H,16,17). The molecule has 90 valence electrons. The number of hydrogen-bond acceptors (Lipinski definition) is 1. The molecule has 0 aliphatic carbocycles. The second-order valence-corrected chi connectivity index (χ2v) is 4.59. The van der Waals surface area contributed by atoms with Gasteiger partial charge >= 0.3 is 5.97 Å². The maximum Gasteiger partial charge on any atom is 0.305 e. The van der Waals surface area contributed by atoms with Crippen molar-refractivity contribution in [3.05, 3.63) is 36.0 Å². The van der Waals surface area contributed by atoms with Gasteiger partial charge in [0, 0.05) is 23.6 Å². The van der Waals surface area contributed by atoms with Crippen molar-refractivity contribution in [1.82, 2.24) is 4.57 Å². The van der Waals surface area contributed by atoms with Crippen LogP contribution in [0.3, 0.4) is 0 Å². The first-order valence-corrected chi connectivity index (χ1v) is 5.89. The minimum absolute atomic E-state index is 0.163. The summed E-state index contributed by atoms with van der Waals surface area (Å²) in [6.45, 7) is 4.84. The summed E-state index contributed by atoms with van der Waals surface area (Å²) in [5.41, 5.74) is 2.41. The molecule has 0 amide bonds. The van der Waals surface area contributed by atoms with Crippen LogP contribution < -0.4 is 0 Å². The molecular formula is C14H17NO2. The van der Waals surface area contributed by atoms with Crippen LogP contribution in [0, 0.1) is 0 Å². The minimum atomic E-state index is -0.756. The summed E-state index contributed by atoms with van der Waals surface area (Å²) >= 11 is 0. The maximum absolute atomic E-state index is 10.6. The number of carbonyl (C=O) groups is 1. The fraction of sp³-hybridized carbons (Fsp3) is 0.357. The zero-order valence-corrected chi connectivity index (χ0v) is 10.2. The van der Waals surface area contributed by atoms with E-state index in [0.717, 1.165) is 5.52 Å². The van der Waals surface area contributed by atoms with E-state index in [-0.39, 0.29) is 6.42 Å². The summed E-state index contributed by atoms with van der Waals surface area (Å²) in [6.07, 6.45) is 2.24. The van der Waals surface area contributed by atoms with Gasteiger partial charge in [-0.3, -0.25) is 4.79 Å². The first-order chi connectivity index (χ1) is 8.09. The summed E-state index contributed by atoms with van der Waals surface area (Å²) in [4.78, 5) is 10.6. The highest BCUT2D eigenvalue weighted by molar-refractivity contribution is 5.84. The van der Waals surface area contributed by atoms with E-state index in [1.54, 1.807) is 0 Å². The average Bonchev–Trinajstić information content (AvgIpc) is 2.65. The lowest BCUT2D eigenvalue weighted by Gasteiger charge is -2.02. The molecule has 1 N–H and O–H groups in total. The van der Waals surface area contributed by atoms with Crippen LogP contribution in [-0.4, -0.2) is 15.6 Å². The van der Waals surface area contributed by atoms with Gasteiger partial charge in [0.1, 0.15) is 0 Å². The molecule has 0 bridgehead atoms. The first kappa shape index (κ1) is 11.7. The van der Waals surface area contributed by atoms with Crippen LogP contribution in [0.25, 0.3) is 10.9 Å². The van der Waals surface area contributed by atoms with Crippen molar-refractivity contribution in [2.45, 2.75) is 32.7 Å². The predicted octanol–water partition coefficient (Wildman–Crippen LogP) is 3.24. The zero-order chi connectivity index (χ0) is 12.4. The zero-order valence-electron chi connectivity index (χ0n) is 10.2. The van der Waals surface area contributed by atoms with E-state index >= 15 is 0 Å². The van der Waals surface area contributed by atoms with E-state index < -0.39 is 5.97 Å². The Bertz CT molecular complexity index is 540. The van der Waals surface area contributed by atoms with E-state index in [0.29, 0.717) is 12.5 Å². The molecule has 0 saturated heterocycles. The van der Waals surface area contributed by atoms with Crippen LogP contribution in [0.15, 0.2) is 30.5 Å². The Kier molecular flexibility index (Phi) is 3.18. The summed E-state index contributed by atoms with van der Waals surface area (Å²) in [6, 6.07) is 8.16. The van der Waals surface area contributed by atoms with Gasteiger partial charge in [0.25, 0.3) is 0 Å². The number of carboxylic acids is 1. The van der Waals surface area contributed by atoms with Crippen molar-refractivity contribution >= 4 is 16.9 Å². The second kappa shape index (κ2) is 4.62. The number of rotatable bonds is 4. The van der Waals surface area contributed by atoms with Gasteiger partial charge in [0.15, 0.2) is 0 Å². The molecule has 3 nitrogen and oxygen atoms in total. The molecule has 1 aromatic carbocycles. The largest absolute Gasteiger partial charge is 0.481 e. The highest BCUT2D eigenvalue weighted by Gasteiger charge is 2.11. The molecule has 0 saturated carbocycles. The smallest absolute Gasteiger partial charge is 0.305 e. The van der Waals surface area contributed by atoms with E-state index in [1.807, 2.05) is 22.8 Å². The summed E-state index contributed by atoms with van der Waals surface area (Å²) in [5.74, 6) is -0.306. The molecule has 1 aromatic heterocycles. The van der Waals surface area contributed by atoms with Gasteiger partial charge in [-0.2, -0.15) is 0 Å². The monoisotopic (exact) mass is 231 g/mol. The Labute approximate surface area is 101 Å². The molecule has 2 rings (SSSR count). The van der Waals surface area contributed by atoms with Crippen LogP contribution in [0.2, 0.25) is 0 Å². The third-order valence-electron chi connectivity index (χ3n) is 3.01. The lowest BCUT2D eigenvalue weighted by Crippen LogP contribution is -2.03. The summed E-state index contributed by atoms with van der Waals surface area (Å²) in [5, 5.41) is 9.98. The van der Waals surface area contributed by atoms with Gasteiger partial charge in [0.2, 0.25) is 0 Å². The van der Waals surface area contributed by atoms with Gasteiger partial charge in [-0.05, 0) is 17.5 Å². The first-order valence-electron chi connectivity index (χ1n) is 5.89. The van der Waals surface area contributed by atoms with Gasteiger partial charge in [-0.15, -0.1) is 0 Å². The lowest BCUT2D eigenvalue weighted by molar-refractivity contribution is -0.137. The molecular weight excluding hydrogens is 214 g/mol. The Balaban J connectivity index is 2.45. The number of para-hydroxylation sites is 1. The Morgan fingerprint density at radius 2 is 2.06 bits per heavy atom. The Hall–Kier alpha value is -1.77. The quantitative estimate of drug-likeness (QED) is 0.877. The molecule has 0 aliphatic rings. The van der Waals surface area contributed by atoms with Crippen molar-refractivity contribution in [2.24, 2.45) is 0 Å². The van der Waals surface area contributed by atoms with Crippen molar-refractivity contribution in [2.75, 3.05) is 0 Å². The summed E-state index contributed by atoms with van der Waals surface area (Å²) in [7, 11) is 0. The third kappa shape index (κ3) is 2.33. The maximum atomic E-state index is 10.6. The molecule has 3 heteroatoms.